The van der Waals surface area contributed by atoms with Crippen molar-refractivity contribution in [2.75, 3.05) is 38.2 Å². The van der Waals surface area contributed by atoms with E-state index in [4.69, 9.17) is 16.3 Å². The molecule has 0 bridgehead atoms. The van der Waals surface area contributed by atoms with Crippen molar-refractivity contribution in [2.24, 2.45) is 0 Å². The molecule has 0 unspecified atom stereocenters. The topological polar surface area (TPSA) is 49.9 Å². The molecule has 2 aromatic carbocycles. The Hall–Kier alpha value is -1.76. The molecule has 0 atom stereocenters. The summed E-state index contributed by atoms with van der Waals surface area (Å²) in [6.45, 7) is 3.95. The summed E-state index contributed by atoms with van der Waals surface area (Å²) in [5.41, 5.74) is 1.74. The van der Waals surface area contributed by atoms with Gasteiger partial charge in [-0.15, -0.1) is 0 Å². The highest BCUT2D eigenvalue weighted by atomic mass is 35.5. The fourth-order valence-electron chi connectivity index (χ4n) is 3.02. The Morgan fingerprint density at radius 3 is 2.32 bits per heavy atom. The normalized spacial score (nSPS) is 16.0. The van der Waals surface area contributed by atoms with Gasteiger partial charge in [-0.3, -0.25) is 0 Å². The molecule has 1 aliphatic rings. The fourth-order valence-corrected chi connectivity index (χ4v) is 4.92. The highest BCUT2D eigenvalue weighted by Gasteiger charge is 2.29. The molecule has 0 N–H and O–H groups in total. The van der Waals surface area contributed by atoms with Crippen molar-refractivity contribution in [3.8, 4) is 5.75 Å². The molecular formula is C18H21ClN2O3S. The second kappa shape index (κ2) is 7.23. The zero-order valence-electron chi connectivity index (χ0n) is 14.3. The van der Waals surface area contributed by atoms with E-state index in [1.807, 2.05) is 37.3 Å². The molecular weight excluding hydrogens is 360 g/mol. The smallest absolute Gasteiger partial charge is 0.243 e. The Labute approximate surface area is 153 Å². The number of piperazine rings is 1. The first-order valence-corrected chi connectivity index (χ1v) is 9.89. The predicted molar refractivity (Wildman–Crippen MR) is 100 cm³/mol. The van der Waals surface area contributed by atoms with E-state index in [1.54, 1.807) is 23.5 Å². The van der Waals surface area contributed by atoms with Crippen LogP contribution in [-0.4, -0.2) is 46.0 Å². The van der Waals surface area contributed by atoms with Crippen LogP contribution in [0, 0.1) is 6.92 Å². The average Bonchev–Trinajstić information content (AvgIpc) is 2.62. The molecule has 1 aliphatic heterocycles. The zero-order chi connectivity index (χ0) is 18.0. The van der Waals surface area contributed by atoms with Crippen molar-refractivity contribution < 1.29 is 13.2 Å². The predicted octanol–water partition coefficient (Wildman–Crippen LogP) is 3.17. The van der Waals surface area contributed by atoms with Crippen LogP contribution in [-0.2, 0) is 10.0 Å². The number of sulfonamides is 1. The summed E-state index contributed by atoms with van der Waals surface area (Å²) < 4.78 is 32.4. The van der Waals surface area contributed by atoms with Gasteiger partial charge >= 0.3 is 0 Å². The van der Waals surface area contributed by atoms with E-state index in [0.29, 0.717) is 41.8 Å². The van der Waals surface area contributed by atoms with Gasteiger partial charge in [0.15, 0.2) is 0 Å². The van der Waals surface area contributed by atoms with Crippen LogP contribution in [0.3, 0.4) is 0 Å². The molecule has 1 saturated heterocycles. The summed E-state index contributed by atoms with van der Waals surface area (Å²) in [6.07, 6.45) is 0. The monoisotopic (exact) mass is 380 g/mol. The third-order valence-electron chi connectivity index (χ3n) is 4.45. The molecule has 7 heteroatoms. The molecule has 134 valence electrons. The van der Waals surface area contributed by atoms with Gasteiger partial charge in [-0.25, -0.2) is 8.42 Å². The largest absolute Gasteiger partial charge is 0.495 e. The summed E-state index contributed by atoms with van der Waals surface area (Å²) in [7, 11) is -1.88. The van der Waals surface area contributed by atoms with Gasteiger partial charge in [0, 0.05) is 31.9 Å². The summed E-state index contributed by atoms with van der Waals surface area (Å²) in [6, 6.07) is 12.7. The quantitative estimate of drug-likeness (QED) is 0.817. The van der Waals surface area contributed by atoms with E-state index in [-0.39, 0.29) is 0 Å². The second-order valence-electron chi connectivity index (χ2n) is 5.98. The van der Waals surface area contributed by atoms with Gasteiger partial charge in [0.05, 0.1) is 17.0 Å². The summed E-state index contributed by atoms with van der Waals surface area (Å²) in [5.74, 6) is 0.631. The van der Waals surface area contributed by atoms with Crippen molar-refractivity contribution in [2.45, 2.75) is 11.8 Å². The lowest BCUT2D eigenvalue weighted by Crippen LogP contribution is -2.48. The number of methoxy groups -OCH3 is 1. The minimum Gasteiger partial charge on any atom is -0.495 e. The minimum atomic E-state index is -3.46. The lowest BCUT2D eigenvalue weighted by Gasteiger charge is -2.35. The Morgan fingerprint density at radius 2 is 1.72 bits per heavy atom. The van der Waals surface area contributed by atoms with E-state index in [9.17, 15) is 8.42 Å². The zero-order valence-corrected chi connectivity index (χ0v) is 15.8. The van der Waals surface area contributed by atoms with Gasteiger partial charge in [0.25, 0.3) is 0 Å². The number of halogens is 1. The first kappa shape index (κ1) is 18.0. The molecule has 25 heavy (non-hydrogen) atoms. The Kier molecular flexibility index (Phi) is 5.22. The maximum absolute atomic E-state index is 12.9. The second-order valence-corrected chi connectivity index (χ2v) is 8.29. The summed E-state index contributed by atoms with van der Waals surface area (Å²) in [4.78, 5) is 2.52. The van der Waals surface area contributed by atoms with Crippen LogP contribution in [0.25, 0.3) is 0 Å². The Bertz CT molecular complexity index is 862. The number of hydrogen-bond acceptors (Lipinski definition) is 4. The third-order valence-corrected chi connectivity index (χ3v) is 6.80. The Morgan fingerprint density at radius 1 is 1.04 bits per heavy atom. The number of hydrogen-bond donors (Lipinski definition) is 0. The van der Waals surface area contributed by atoms with Crippen LogP contribution in [0.4, 0.5) is 5.69 Å². The maximum Gasteiger partial charge on any atom is 0.243 e. The van der Waals surface area contributed by atoms with Crippen molar-refractivity contribution in [3.63, 3.8) is 0 Å². The lowest BCUT2D eigenvalue weighted by molar-refractivity contribution is 0.384. The van der Waals surface area contributed by atoms with E-state index >= 15 is 0 Å². The lowest BCUT2D eigenvalue weighted by atomic mass is 10.2. The Balaban J connectivity index is 1.74. The average molecular weight is 381 g/mol. The van der Waals surface area contributed by atoms with Crippen molar-refractivity contribution in [1.82, 2.24) is 4.31 Å². The molecule has 0 saturated carbocycles. The van der Waals surface area contributed by atoms with E-state index in [0.717, 1.165) is 11.3 Å². The van der Waals surface area contributed by atoms with Gasteiger partial charge < -0.3 is 9.64 Å². The van der Waals surface area contributed by atoms with Crippen molar-refractivity contribution in [1.29, 1.82) is 0 Å². The van der Waals surface area contributed by atoms with E-state index in [2.05, 4.69) is 4.90 Å². The van der Waals surface area contributed by atoms with Crippen LogP contribution >= 0.6 is 11.6 Å². The fraction of sp³-hybridized carbons (Fsp3) is 0.333. The number of nitrogens with zero attached hydrogens (tertiary/aromatic N) is 2. The van der Waals surface area contributed by atoms with Gasteiger partial charge in [-0.1, -0.05) is 29.8 Å². The highest BCUT2D eigenvalue weighted by Crippen LogP contribution is 2.30. The molecule has 0 spiro atoms. The molecule has 2 aromatic rings. The molecule has 1 heterocycles. The maximum atomic E-state index is 12.9. The first-order valence-electron chi connectivity index (χ1n) is 8.08. The van der Waals surface area contributed by atoms with E-state index in [1.165, 1.54) is 0 Å². The standard InChI is InChI=1S/C18H21ClN2O3S/c1-14-5-3-4-6-18(14)25(22,23)21-11-9-20(10-12-21)15-7-8-17(24-2)16(19)13-15/h3-8,13H,9-12H2,1-2H3. The van der Waals surface area contributed by atoms with Crippen molar-refractivity contribution >= 4 is 27.3 Å². The van der Waals surface area contributed by atoms with Crippen LogP contribution in [0.15, 0.2) is 47.4 Å². The number of anilines is 1. The SMILES string of the molecule is COc1ccc(N2CCN(S(=O)(=O)c3ccccc3C)CC2)cc1Cl. The molecule has 0 amide bonds. The van der Waals surface area contributed by atoms with Crippen molar-refractivity contribution in [3.05, 3.63) is 53.1 Å². The third kappa shape index (κ3) is 3.61. The molecule has 0 aromatic heterocycles. The molecule has 3 rings (SSSR count). The summed E-state index contributed by atoms with van der Waals surface area (Å²) >= 11 is 6.19. The number of ether oxygens (including phenoxy) is 1. The van der Waals surface area contributed by atoms with Crippen LogP contribution < -0.4 is 9.64 Å². The van der Waals surface area contributed by atoms with Gasteiger partial charge in [0.2, 0.25) is 10.0 Å². The van der Waals surface area contributed by atoms with Gasteiger partial charge in [-0.2, -0.15) is 4.31 Å². The van der Waals surface area contributed by atoms with Gasteiger partial charge in [-0.05, 0) is 36.8 Å². The van der Waals surface area contributed by atoms with E-state index < -0.39 is 10.0 Å². The molecule has 0 aliphatic carbocycles. The minimum absolute atomic E-state index is 0.385. The molecule has 1 fully saturated rings. The van der Waals surface area contributed by atoms with Crippen LogP contribution in [0.2, 0.25) is 5.02 Å². The number of benzene rings is 2. The molecule has 5 nitrogen and oxygen atoms in total. The number of aryl methyl sites for hydroxylation is 1. The highest BCUT2D eigenvalue weighted by molar-refractivity contribution is 7.89. The van der Waals surface area contributed by atoms with Crippen LogP contribution in [0.1, 0.15) is 5.56 Å². The van der Waals surface area contributed by atoms with Gasteiger partial charge in [0.1, 0.15) is 5.75 Å². The van der Waals surface area contributed by atoms with Crippen LogP contribution in [0.5, 0.6) is 5.75 Å². The first-order chi connectivity index (χ1) is 11.9. The number of rotatable bonds is 4. The molecule has 0 radical (unpaired) electrons. The summed E-state index contributed by atoms with van der Waals surface area (Å²) in [5, 5.41) is 0.551.